The van der Waals surface area contributed by atoms with E-state index in [1.807, 2.05) is 0 Å². The molecule has 412 valence electrons. The van der Waals surface area contributed by atoms with E-state index >= 15 is 0 Å². The molecule has 14 unspecified atom stereocenters. The maximum absolute atomic E-state index is 13.4. The molecule has 0 aromatic rings. The molecule has 0 spiro atoms. The highest BCUT2D eigenvalue weighted by Crippen LogP contribution is 2.48. The summed E-state index contributed by atoms with van der Waals surface area (Å²) in [6, 6.07) is 0. The Morgan fingerprint density at radius 1 is 0.571 bits per heavy atom. The third-order valence-corrected chi connectivity index (χ3v) is 14.3. The Bertz CT molecular complexity index is 1420. The summed E-state index contributed by atoms with van der Waals surface area (Å²) < 4.78 is 45.5. The van der Waals surface area contributed by atoms with E-state index < -0.39 is 113 Å². The SMILES string of the molecule is CCCCCCCCCC=CCCCCCC(=O)OCC(COP(=O)(O)OC1C(O)C(O)C(O)C(O)C1OC1OC(CO)C(O)C(O)C1O)OC(=O)CCCCCCCCC(C)CCCCCCCC. The second-order valence-corrected chi connectivity index (χ2v) is 21.1. The van der Waals surface area contributed by atoms with Crippen molar-refractivity contribution in [1.29, 1.82) is 0 Å². The molecule has 2 rings (SSSR count). The Balaban J connectivity index is 1.95. The second kappa shape index (κ2) is 38.0. The molecule has 1 aliphatic carbocycles. The van der Waals surface area contributed by atoms with E-state index in [-0.39, 0.29) is 12.8 Å². The lowest BCUT2D eigenvalue weighted by Gasteiger charge is -2.47. The zero-order chi connectivity index (χ0) is 51.7. The van der Waals surface area contributed by atoms with Crippen LogP contribution in [0.2, 0.25) is 0 Å². The molecule has 9 N–H and O–H groups in total. The van der Waals surface area contributed by atoms with Crippen molar-refractivity contribution in [2.75, 3.05) is 19.8 Å². The minimum Gasteiger partial charge on any atom is -0.462 e. The van der Waals surface area contributed by atoms with Crippen LogP contribution in [-0.2, 0) is 42.1 Å². The van der Waals surface area contributed by atoms with Crippen LogP contribution < -0.4 is 0 Å². The topological polar surface area (TPSA) is 289 Å². The lowest BCUT2D eigenvalue weighted by molar-refractivity contribution is -0.338. The molecular weight excluding hydrogens is 932 g/mol. The molecule has 1 heterocycles. The molecule has 2 aliphatic rings. The van der Waals surface area contributed by atoms with Gasteiger partial charge in [0.05, 0.1) is 13.2 Å². The van der Waals surface area contributed by atoms with E-state index in [9.17, 15) is 59.9 Å². The van der Waals surface area contributed by atoms with Crippen molar-refractivity contribution in [2.24, 2.45) is 5.92 Å². The predicted octanol–water partition coefficient (Wildman–Crippen LogP) is 6.74. The molecular formula is C51H95O18P. The third kappa shape index (κ3) is 26.6. The summed E-state index contributed by atoms with van der Waals surface area (Å²) in [4.78, 5) is 36.6. The van der Waals surface area contributed by atoms with Crippen LogP contribution in [0.25, 0.3) is 0 Å². The summed E-state index contributed by atoms with van der Waals surface area (Å²) in [6.45, 7) is 4.55. The Morgan fingerprint density at radius 2 is 1.03 bits per heavy atom. The summed E-state index contributed by atoms with van der Waals surface area (Å²) in [5.41, 5.74) is 0. The Kier molecular flexibility index (Phi) is 35.0. The molecule has 0 bridgehead atoms. The molecule has 1 saturated carbocycles. The molecule has 0 radical (unpaired) electrons. The highest BCUT2D eigenvalue weighted by atomic mass is 31.2. The van der Waals surface area contributed by atoms with Gasteiger partial charge in [0.15, 0.2) is 12.4 Å². The van der Waals surface area contributed by atoms with Crippen molar-refractivity contribution in [1.82, 2.24) is 0 Å². The molecule has 14 atom stereocenters. The van der Waals surface area contributed by atoms with Gasteiger partial charge in [0.1, 0.15) is 67.6 Å². The van der Waals surface area contributed by atoms with Gasteiger partial charge >= 0.3 is 19.8 Å². The summed E-state index contributed by atoms with van der Waals surface area (Å²) in [7, 11) is -5.38. The second-order valence-electron chi connectivity index (χ2n) is 19.7. The minimum atomic E-state index is -5.38. The first-order chi connectivity index (χ1) is 33.6. The highest BCUT2D eigenvalue weighted by Gasteiger charge is 2.55. The maximum atomic E-state index is 13.4. The van der Waals surface area contributed by atoms with Crippen molar-refractivity contribution in [3.63, 3.8) is 0 Å². The number of carbonyl (C=O) groups excluding carboxylic acids is 2. The number of rotatable bonds is 41. The fourth-order valence-electron chi connectivity index (χ4n) is 8.83. The zero-order valence-electron chi connectivity index (χ0n) is 42.7. The van der Waals surface area contributed by atoms with E-state index in [1.54, 1.807) is 0 Å². The lowest BCUT2D eigenvalue weighted by Crippen LogP contribution is -2.67. The average Bonchev–Trinajstić information content (AvgIpc) is 3.33. The van der Waals surface area contributed by atoms with Gasteiger partial charge in [0.2, 0.25) is 0 Å². The molecule has 0 aromatic heterocycles. The summed E-state index contributed by atoms with van der Waals surface area (Å²) >= 11 is 0. The largest absolute Gasteiger partial charge is 0.472 e. The number of unbranched alkanes of at least 4 members (excludes halogenated alkanes) is 20. The van der Waals surface area contributed by atoms with Crippen molar-refractivity contribution in [2.45, 2.75) is 274 Å². The molecule has 0 amide bonds. The standard InChI is InChI=1S/C51H95O18P/c1-4-6-8-10-12-13-14-15-16-17-18-19-24-28-32-40(53)64-35-38(66-41(54)33-29-25-21-20-23-27-31-37(3)30-26-22-11-9-7-5-2)36-65-70(62,63)69-50-47(60)45(58)44(57)46(59)49(50)68-51-48(61)43(56)42(55)39(34-52)67-51/h16-17,37-39,42-52,55-61H,4-15,18-36H2,1-3H3,(H,62,63). The van der Waals surface area contributed by atoms with Crippen LogP contribution >= 0.6 is 7.82 Å². The van der Waals surface area contributed by atoms with Gasteiger partial charge in [-0.1, -0.05) is 161 Å². The van der Waals surface area contributed by atoms with Crippen LogP contribution in [0.3, 0.4) is 0 Å². The van der Waals surface area contributed by atoms with E-state index in [0.717, 1.165) is 57.3 Å². The number of allylic oxidation sites excluding steroid dienone is 2. The minimum absolute atomic E-state index is 0.0316. The van der Waals surface area contributed by atoms with E-state index in [4.69, 9.17) is 28.0 Å². The number of hydrogen-bond donors (Lipinski definition) is 9. The number of carbonyl (C=O) groups is 2. The van der Waals surface area contributed by atoms with Gasteiger partial charge in [-0.2, -0.15) is 0 Å². The van der Waals surface area contributed by atoms with Crippen molar-refractivity contribution >= 4 is 19.8 Å². The lowest BCUT2D eigenvalue weighted by atomic mass is 9.84. The van der Waals surface area contributed by atoms with Gasteiger partial charge in [0.25, 0.3) is 0 Å². The summed E-state index contributed by atoms with van der Waals surface area (Å²) in [6.07, 6.45) is 10.1. The van der Waals surface area contributed by atoms with Gasteiger partial charge < -0.3 is 64.7 Å². The highest BCUT2D eigenvalue weighted by molar-refractivity contribution is 7.47. The molecule has 1 aliphatic heterocycles. The molecule has 1 saturated heterocycles. The number of ether oxygens (including phenoxy) is 4. The van der Waals surface area contributed by atoms with Gasteiger partial charge in [-0.15, -0.1) is 0 Å². The number of hydrogen-bond acceptors (Lipinski definition) is 17. The van der Waals surface area contributed by atoms with Gasteiger partial charge in [-0.3, -0.25) is 18.6 Å². The van der Waals surface area contributed by atoms with Crippen LogP contribution in [0.1, 0.15) is 201 Å². The number of phosphoric acid groups is 1. The fourth-order valence-corrected chi connectivity index (χ4v) is 9.79. The average molecular weight is 1030 g/mol. The van der Waals surface area contributed by atoms with Crippen molar-refractivity contribution in [3.8, 4) is 0 Å². The van der Waals surface area contributed by atoms with E-state index in [2.05, 4.69) is 32.9 Å². The van der Waals surface area contributed by atoms with Crippen LogP contribution in [-0.4, -0.2) is 151 Å². The first-order valence-electron chi connectivity index (χ1n) is 26.9. The van der Waals surface area contributed by atoms with Crippen LogP contribution in [0.15, 0.2) is 12.2 Å². The summed E-state index contributed by atoms with van der Waals surface area (Å²) in [5, 5.41) is 83.1. The zero-order valence-corrected chi connectivity index (χ0v) is 43.6. The van der Waals surface area contributed by atoms with Crippen molar-refractivity contribution in [3.05, 3.63) is 12.2 Å². The molecule has 2 fully saturated rings. The van der Waals surface area contributed by atoms with Crippen molar-refractivity contribution < 1.29 is 87.9 Å². The van der Waals surface area contributed by atoms with Gasteiger partial charge in [0, 0.05) is 12.8 Å². The van der Waals surface area contributed by atoms with Crippen LogP contribution in [0.5, 0.6) is 0 Å². The maximum Gasteiger partial charge on any atom is 0.472 e. The fraction of sp³-hybridized carbons (Fsp3) is 0.922. The first-order valence-corrected chi connectivity index (χ1v) is 28.4. The molecule has 70 heavy (non-hydrogen) atoms. The Morgan fingerprint density at radius 3 is 1.57 bits per heavy atom. The monoisotopic (exact) mass is 1030 g/mol. The molecule has 0 aromatic carbocycles. The molecule has 19 heteroatoms. The van der Waals surface area contributed by atoms with E-state index in [1.165, 1.54) is 103 Å². The number of aliphatic hydroxyl groups is 8. The first kappa shape index (κ1) is 64.5. The Labute approximate surface area is 418 Å². The van der Waals surface area contributed by atoms with Crippen LogP contribution in [0, 0.1) is 5.92 Å². The number of phosphoric ester groups is 1. The normalized spacial score (nSPS) is 27.9. The molecule has 18 nitrogen and oxygen atoms in total. The van der Waals surface area contributed by atoms with Gasteiger partial charge in [-0.25, -0.2) is 4.57 Å². The number of aliphatic hydroxyl groups excluding tert-OH is 8. The van der Waals surface area contributed by atoms with E-state index in [0.29, 0.717) is 12.8 Å². The van der Waals surface area contributed by atoms with Gasteiger partial charge in [-0.05, 0) is 44.4 Å². The quantitative estimate of drug-likeness (QED) is 0.0133. The third-order valence-electron chi connectivity index (χ3n) is 13.4. The predicted molar refractivity (Wildman–Crippen MR) is 263 cm³/mol. The summed E-state index contributed by atoms with van der Waals surface area (Å²) in [5.74, 6) is -0.511. The smallest absolute Gasteiger partial charge is 0.462 e. The van der Waals surface area contributed by atoms with Crippen LogP contribution in [0.4, 0.5) is 0 Å². The number of esters is 2. The Hall–Kier alpha value is -1.61.